The van der Waals surface area contributed by atoms with Crippen molar-refractivity contribution in [1.82, 2.24) is 0 Å². The average Bonchev–Trinajstić information content (AvgIpc) is 3.57. The molecule has 6 aliphatic carbocycles. The molecule has 6 aromatic carbocycles. The Labute approximate surface area is 296 Å². The van der Waals surface area contributed by atoms with Crippen LogP contribution in [0.25, 0.3) is 33.4 Å². The highest BCUT2D eigenvalue weighted by atomic mass is 15.1. The molecule has 0 amide bonds. The molecule has 0 atom stereocenters. The van der Waals surface area contributed by atoms with E-state index in [9.17, 15) is 0 Å². The Morgan fingerprint density at radius 2 is 1.04 bits per heavy atom. The van der Waals surface area contributed by atoms with Crippen LogP contribution in [-0.4, -0.2) is 0 Å². The van der Waals surface area contributed by atoms with Crippen LogP contribution in [0.4, 0.5) is 17.1 Å². The first kappa shape index (κ1) is 28.9. The summed E-state index contributed by atoms with van der Waals surface area (Å²) >= 11 is 0. The van der Waals surface area contributed by atoms with Crippen molar-refractivity contribution in [3.05, 3.63) is 162 Å². The number of hydrogen-bond donors (Lipinski definition) is 0. The summed E-state index contributed by atoms with van der Waals surface area (Å²) in [6.45, 7) is 4.77. The molecule has 6 aliphatic rings. The molecule has 0 unspecified atom stereocenters. The number of fused-ring (bicyclic) bond motifs is 6. The fourth-order valence-corrected chi connectivity index (χ4v) is 12.1. The van der Waals surface area contributed by atoms with Crippen molar-refractivity contribution in [1.29, 1.82) is 0 Å². The van der Waals surface area contributed by atoms with Crippen LogP contribution < -0.4 is 4.90 Å². The van der Waals surface area contributed by atoms with Gasteiger partial charge in [-0.15, -0.1) is 0 Å². The minimum absolute atomic E-state index is 0.0579. The number of hydrogen-bond acceptors (Lipinski definition) is 1. The summed E-state index contributed by atoms with van der Waals surface area (Å²) in [5, 5.41) is 0. The molecule has 4 bridgehead atoms. The zero-order valence-corrected chi connectivity index (χ0v) is 29.1. The predicted molar refractivity (Wildman–Crippen MR) is 207 cm³/mol. The molecule has 0 heterocycles. The summed E-state index contributed by atoms with van der Waals surface area (Å²) in [6, 6.07) is 53.2. The van der Waals surface area contributed by atoms with E-state index in [1.54, 1.807) is 11.1 Å². The summed E-state index contributed by atoms with van der Waals surface area (Å²) < 4.78 is 0. The van der Waals surface area contributed by atoms with E-state index in [0.29, 0.717) is 0 Å². The van der Waals surface area contributed by atoms with Gasteiger partial charge in [0.1, 0.15) is 0 Å². The topological polar surface area (TPSA) is 3.24 Å². The average molecular weight is 646 g/mol. The van der Waals surface area contributed by atoms with Crippen LogP contribution in [0.1, 0.15) is 68.2 Å². The van der Waals surface area contributed by atoms with Gasteiger partial charge in [-0.3, -0.25) is 0 Å². The van der Waals surface area contributed by atoms with Gasteiger partial charge in [-0.2, -0.15) is 0 Å². The van der Waals surface area contributed by atoms with Crippen molar-refractivity contribution >= 4 is 17.1 Å². The summed E-state index contributed by atoms with van der Waals surface area (Å²) in [7, 11) is 0. The first-order valence-electron chi connectivity index (χ1n) is 18.9. The molecular formula is C49H43N. The van der Waals surface area contributed by atoms with Gasteiger partial charge in [0.25, 0.3) is 0 Å². The standard InChI is InChI=1S/C49H43N/c1-48(2)43-18-10-9-16-40(43)41-22-20-38(30-46(41)48)50(36-14-7-4-8-15-36)37-21-23-44-42(29-37)47-39(33-12-5-3-6-13-33)17-11-19-45(47)49(44)34-25-31-24-32(27-34)28-35(49)26-31/h3-23,29-32,34-35H,24-28H2,1-2H3. The molecule has 12 rings (SSSR count). The van der Waals surface area contributed by atoms with Crippen LogP contribution in [0.3, 0.4) is 0 Å². The lowest BCUT2D eigenvalue weighted by Crippen LogP contribution is -2.55. The lowest BCUT2D eigenvalue weighted by atomic mass is 9.43. The quantitative estimate of drug-likeness (QED) is 0.184. The Balaban J connectivity index is 1.14. The largest absolute Gasteiger partial charge is 0.310 e. The van der Waals surface area contributed by atoms with Gasteiger partial charge in [-0.25, -0.2) is 0 Å². The number of rotatable bonds is 4. The zero-order chi connectivity index (χ0) is 33.2. The fourth-order valence-electron chi connectivity index (χ4n) is 12.1. The van der Waals surface area contributed by atoms with E-state index in [4.69, 9.17) is 0 Å². The van der Waals surface area contributed by atoms with Crippen molar-refractivity contribution in [2.24, 2.45) is 23.7 Å². The van der Waals surface area contributed by atoms with E-state index >= 15 is 0 Å². The van der Waals surface area contributed by atoms with Crippen molar-refractivity contribution in [2.45, 2.75) is 56.8 Å². The number of para-hydroxylation sites is 1. The van der Waals surface area contributed by atoms with Crippen molar-refractivity contribution in [3.63, 3.8) is 0 Å². The second-order valence-electron chi connectivity index (χ2n) is 16.6. The summed E-state index contributed by atoms with van der Waals surface area (Å²) in [5.41, 5.74) is 18.1. The van der Waals surface area contributed by atoms with Gasteiger partial charge >= 0.3 is 0 Å². The lowest BCUT2D eigenvalue weighted by molar-refractivity contribution is -0.0399. The molecule has 0 radical (unpaired) electrons. The number of anilines is 3. The van der Waals surface area contributed by atoms with Gasteiger partial charge in [-0.1, -0.05) is 117 Å². The van der Waals surface area contributed by atoms with E-state index in [0.717, 1.165) is 23.7 Å². The first-order chi connectivity index (χ1) is 24.5. The first-order valence-corrected chi connectivity index (χ1v) is 18.9. The van der Waals surface area contributed by atoms with Gasteiger partial charge in [0, 0.05) is 27.9 Å². The maximum atomic E-state index is 2.57. The van der Waals surface area contributed by atoms with Gasteiger partial charge in [-0.05, 0) is 148 Å². The van der Waals surface area contributed by atoms with E-state index < -0.39 is 0 Å². The van der Waals surface area contributed by atoms with Crippen molar-refractivity contribution < 1.29 is 0 Å². The summed E-state index contributed by atoms with van der Waals surface area (Å²) in [5.74, 6) is 3.33. The summed E-state index contributed by atoms with van der Waals surface area (Å²) in [4.78, 5) is 2.51. The molecule has 1 spiro atoms. The van der Waals surface area contributed by atoms with Crippen LogP contribution in [-0.2, 0) is 10.8 Å². The van der Waals surface area contributed by atoms with Crippen molar-refractivity contribution in [2.75, 3.05) is 4.90 Å². The molecule has 50 heavy (non-hydrogen) atoms. The normalized spacial score (nSPS) is 25.6. The highest BCUT2D eigenvalue weighted by Crippen LogP contribution is 2.70. The maximum Gasteiger partial charge on any atom is 0.0468 e. The third-order valence-electron chi connectivity index (χ3n) is 13.8. The smallest absolute Gasteiger partial charge is 0.0468 e. The molecule has 4 saturated carbocycles. The van der Waals surface area contributed by atoms with Gasteiger partial charge in [0.2, 0.25) is 0 Å². The second-order valence-corrected chi connectivity index (χ2v) is 16.6. The van der Waals surface area contributed by atoms with Crippen LogP contribution in [0, 0.1) is 23.7 Å². The minimum Gasteiger partial charge on any atom is -0.310 e. The lowest BCUT2D eigenvalue weighted by Gasteiger charge is -2.61. The highest BCUT2D eigenvalue weighted by molar-refractivity contribution is 5.95. The molecule has 6 aromatic rings. The van der Waals surface area contributed by atoms with E-state index in [2.05, 4.69) is 158 Å². The number of benzene rings is 6. The minimum atomic E-state index is -0.0579. The Kier molecular flexibility index (Phi) is 5.97. The molecular weight excluding hydrogens is 603 g/mol. The van der Waals surface area contributed by atoms with E-state index in [-0.39, 0.29) is 10.8 Å². The maximum absolute atomic E-state index is 2.57. The Morgan fingerprint density at radius 3 is 1.80 bits per heavy atom. The molecule has 0 saturated heterocycles. The Bertz CT molecular complexity index is 2280. The third-order valence-corrected chi connectivity index (χ3v) is 13.8. The summed E-state index contributed by atoms with van der Waals surface area (Å²) in [6.07, 6.45) is 7.05. The van der Waals surface area contributed by atoms with Crippen LogP contribution in [0.5, 0.6) is 0 Å². The van der Waals surface area contributed by atoms with Crippen LogP contribution in [0.2, 0.25) is 0 Å². The van der Waals surface area contributed by atoms with Crippen molar-refractivity contribution in [3.8, 4) is 33.4 Å². The molecule has 1 nitrogen and oxygen atoms in total. The molecule has 0 aromatic heterocycles. The second kappa shape index (κ2) is 10.3. The monoisotopic (exact) mass is 645 g/mol. The SMILES string of the molecule is CC1(C)c2ccccc2-c2ccc(N(c3ccccc3)c3ccc4c(c3)-c3c(-c5ccccc5)cccc3C43C4CC5CC(C4)CC3C5)cc21. The molecule has 0 N–H and O–H groups in total. The van der Waals surface area contributed by atoms with E-state index in [1.807, 2.05) is 0 Å². The highest BCUT2D eigenvalue weighted by Gasteiger charge is 2.61. The number of nitrogens with zero attached hydrogens (tertiary/aromatic N) is 1. The van der Waals surface area contributed by atoms with Crippen LogP contribution >= 0.6 is 0 Å². The molecule has 244 valence electrons. The third kappa shape index (κ3) is 3.79. The molecule has 4 fully saturated rings. The fraction of sp³-hybridized carbons (Fsp3) is 0.265. The predicted octanol–water partition coefficient (Wildman–Crippen LogP) is 12.9. The Hall–Kier alpha value is -4.88. The van der Waals surface area contributed by atoms with Gasteiger partial charge in [0.15, 0.2) is 0 Å². The molecule has 0 aliphatic heterocycles. The van der Waals surface area contributed by atoms with Gasteiger partial charge in [0.05, 0.1) is 0 Å². The zero-order valence-electron chi connectivity index (χ0n) is 29.1. The van der Waals surface area contributed by atoms with Crippen LogP contribution in [0.15, 0.2) is 140 Å². The van der Waals surface area contributed by atoms with Gasteiger partial charge < -0.3 is 4.90 Å². The molecule has 1 heteroatoms. The Morgan fingerprint density at radius 1 is 0.440 bits per heavy atom. The van der Waals surface area contributed by atoms with E-state index in [1.165, 1.54) is 93.7 Å².